The van der Waals surface area contributed by atoms with Crippen molar-refractivity contribution in [1.82, 2.24) is 0 Å². The lowest BCUT2D eigenvalue weighted by Crippen LogP contribution is -2.20. The van der Waals surface area contributed by atoms with Crippen molar-refractivity contribution in [2.45, 2.75) is 19.4 Å². The maximum atomic E-state index is 11.4. The fourth-order valence-corrected chi connectivity index (χ4v) is 1.99. The number of ketones is 1. The molecule has 4 heteroatoms. The van der Waals surface area contributed by atoms with Gasteiger partial charge in [-0.05, 0) is 19.1 Å². The minimum Gasteiger partial charge on any atom is -0.374 e. The number of carbonyl (C=O) groups excluding carboxylic acids is 1. The Morgan fingerprint density at radius 3 is 2.85 bits per heavy atom. The molecule has 13 heavy (non-hydrogen) atoms. The Morgan fingerprint density at radius 1 is 1.69 bits per heavy atom. The molecule has 0 N–H and O–H groups in total. The van der Waals surface area contributed by atoms with Crippen molar-refractivity contribution >= 4 is 28.7 Å². The molecule has 0 spiro atoms. The summed E-state index contributed by atoms with van der Waals surface area (Å²) in [6.45, 7) is 1.75. The molecule has 1 aromatic heterocycles. The third kappa shape index (κ3) is 3.10. The number of Topliss-reactive ketones (excluding diaryl/α,β-unsaturated/α-hetero) is 1. The first kappa shape index (κ1) is 10.7. The Morgan fingerprint density at radius 2 is 2.38 bits per heavy atom. The predicted octanol–water partition coefficient (Wildman–Crippen LogP) is 2.55. The first-order chi connectivity index (χ1) is 6.13. The zero-order valence-corrected chi connectivity index (χ0v) is 9.11. The Bertz CT molecular complexity index is 296. The van der Waals surface area contributed by atoms with Crippen LogP contribution in [0, 0.1) is 0 Å². The van der Waals surface area contributed by atoms with Gasteiger partial charge in [0.2, 0.25) is 0 Å². The zero-order valence-electron chi connectivity index (χ0n) is 7.54. The molecule has 1 rings (SSSR count). The molecule has 0 radical (unpaired) electrons. The molecule has 0 aromatic carbocycles. The minimum atomic E-state index is -0.333. The van der Waals surface area contributed by atoms with Crippen molar-refractivity contribution in [2.75, 3.05) is 7.11 Å². The van der Waals surface area contributed by atoms with E-state index < -0.39 is 0 Å². The van der Waals surface area contributed by atoms with Crippen molar-refractivity contribution in [3.63, 3.8) is 0 Å². The van der Waals surface area contributed by atoms with Crippen molar-refractivity contribution in [1.29, 1.82) is 0 Å². The second kappa shape index (κ2) is 4.74. The smallest absolute Gasteiger partial charge is 0.166 e. The number of rotatable bonds is 4. The summed E-state index contributed by atoms with van der Waals surface area (Å²) in [5.41, 5.74) is 0. The van der Waals surface area contributed by atoms with E-state index in [9.17, 15) is 4.79 Å². The van der Waals surface area contributed by atoms with Gasteiger partial charge in [0.15, 0.2) is 5.78 Å². The lowest BCUT2D eigenvalue weighted by atomic mass is 10.2. The molecule has 0 fully saturated rings. The van der Waals surface area contributed by atoms with E-state index in [-0.39, 0.29) is 11.9 Å². The number of carbonyl (C=O) groups is 1. The number of ether oxygens (including phenoxy) is 1. The minimum absolute atomic E-state index is 0.0843. The van der Waals surface area contributed by atoms with Crippen molar-refractivity contribution in [3.8, 4) is 0 Å². The lowest BCUT2D eigenvalue weighted by molar-refractivity contribution is -0.127. The maximum Gasteiger partial charge on any atom is 0.166 e. The highest BCUT2D eigenvalue weighted by molar-refractivity contribution is 7.16. The quantitative estimate of drug-likeness (QED) is 0.777. The standard InChI is InChI=1S/C9H11ClO2S/c1-6(12-2)8(11)5-7-3-4-9(10)13-7/h3-4,6H,5H2,1-2H3. The number of methoxy groups -OCH3 is 1. The number of halogens is 1. The van der Waals surface area contributed by atoms with Crippen LogP contribution in [-0.4, -0.2) is 19.0 Å². The summed E-state index contributed by atoms with van der Waals surface area (Å²) in [6.07, 6.45) is 0.0766. The molecule has 0 aliphatic carbocycles. The largest absolute Gasteiger partial charge is 0.374 e. The van der Waals surface area contributed by atoms with Crippen LogP contribution in [0.15, 0.2) is 12.1 Å². The fourth-order valence-electron chi connectivity index (χ4n) is 0.894. The monoisotopic (exact) mass is 218 g/mol. The topological polar surface area (TPSA) is 26.3 Å². The second-order valence-corrected chi connectivity index (χ2v) is 4.53. The molecule has 1 aromatic rings. The first-order valence-electron chi connectivity index (χ1n) is 3.93. The van der Waals surface area contributed by atoms with Crippen molar-refractivity contribution in [2.24, 2.45) is 0 Å². The number of thiophene rings is 1. The van der Waals surface area contributed by atoms with E-state index in [1.807, 2.05) is 6.07 Å². The van der Waals surface area contributed by atoms with Gasteiger partial charge in [-0.3, -0.25) is 4.79 Å². The van der Waals surface area contributed by atoms with Crippen molar-refractivity contribution in [3.05, 3.63) is 21.3 Å². The predicted molar refractivity (Wildman–Crippen MR) is 54.5 cm³/mol. The van der Waals surface area contributed by atoms with E-state index in [2.05, 4.69) is 0 Å². The van der Waals surface area contributed by atoms with Crippen LogP contribution < -0.4 is 0 Å². The molecule has 0 saturated heterocycles. The number of hydrogen-bond acceptors (Lipinski definition) is 3. The van der Waals surface area contributed by atoms with Crippen LogP contribution in [0.5, 0.6) is 0 Å². The molecule has 0 aliphatic heterocycles. The highest BCUT2D eigenvalue weighted by Gasteiger charge is 2.13. The second-order valence-electron chi connectivity index (χ2n) is 2.73. The zero-order chi connectivity index (χ0) is 9.84. The summed E-state index contributed by atoms with van der Waals surface area (Å²) in [5, 5.41) is 0. The molecule has 1 unspecified atom stereocenters. The van der Waals surface area contributed by atoms with E-state index >= 15 is 0 Å². The molecule has 0 aliphatic rings. The van der Waals surface area contributed by atoms with Crippen LogP contribution in [0.1, 0.15) is 11.8 Å². The lowest BCUT2D eigenvalue weighted by Gasteiger charge is -2.06. The van der Waals surface area contributed by atoms with Crippen LogP contribution in [0.3, 0.4) is 0 Å². The molecule has 0 bridgehead atoms. The van der Waals surface area contributed by atoms with E-state index in [0.29, 0.717) is 10.8 Å². The maximum absolute atomic E-state index is 11.4. The highest BCUT2D eigenvalue weighted by Crippen LogP contribution is 2.22. The summed E-state index contributed by atoms with van der Waals surface area (Å²) < 4.78 is 5.63. The van der Waals surface area contributed by atoms with E-state index in [1.54, 1.807) is 13.0 Å². The first-order valence-corrected chi connectivity index (χ1v) is 5.12. The Labute approximate surface area is 86.5 Å². The molecular weight excluding hydrogens is 208 g/mol. The summed E-state index contributed by atoms with van der Waals surface area (Å²) in [4.78, 5) is 12.4. The van der Waals surface area contributed by atoms with Crippen molar-refractivity contribution < 1.29 is 9.53 Å². The highest BCUT2D eigenvalue weighted by atomic mass is 35.5. The SMILES string of the molecule is COC(C)C(=O)Cc1ccc(Cl)s1. The van der Waals surface area contributed by atoms with Gasteiger partial charge >= 0.3 is 0 Å². The van der Waals surface area contributed by atoms with Crippen LogP contribution >= 0.6 is 22.9 Å². The van der Waals surface area contributed by atoms with Crippen LogP contribution in [0.25, 0.3) is 0 Å². The molecule has 1 heterocycles. The molecule has 72 valence electrons. The summed E-state index contributed by atoms with van der Waals surface area (Å²) >= 11 is 7.17. The fraction of sp³-hybridized carbons (Fsp3) is 0.444. The average molecular weight is 219 g/mol. The van der Waals surface area contributed by atoms with E-state index in [1.165, 1.54) is 18.4 Å². The average Bonchev–Trinajstić information content (AvgIpc) is 2.49. The van der Waals surface area contributed by atoms with Gasteiger partial charge in [-0.15, -0.1) is 11.3 Å². The van der Waals surface area contributed by atoms with E-state index in [4.69, 9.17) is 16.3 Å². The van der Waals surface area contributed by atoms with Gasteiger partial charge in [0.25, 0.3) is 0 Å². The normalized spacial score (nSPS) is 12.8. The Kier molecular flexibility index (Phi) is 3.90. The molecular formula is C9H11ClO2S. The van der Waals surface area contributed by atoms with Gasteiger partial charge in [-0.25, -0.2) is 0 Å². The van der Waals surface area contributed by atoms with Crippen LogP contribution in [0.2, 0.25) is 4.34 Å². The van der Waals surface area contributed by atoms with Gasteiger partial charge in [-0.1, -0.05) is 11.6 Å². The van der Waals surface area contributed by atoms with Gasteiger partial charge in [-0.2, -0.15) is 0 Å². The van der Waals surface area contributed by atoms with E-state index in [0.717, 1.165) is 4.88 Å². The molecule has 0 saturated carbocycles. The Balaban J connectivity index is 2.54. The third-order valence-corrected chi connectivity index (χ3v) is 3.02. The van der Waals surface area contributed by atoms with Crippen LogP contribution in [-0.2, 0) is 16.0 Å². The molecule has 1 atom stereocenters. The van der Waals surface area contributed by atoms with Gasteiger partial charge in [0, 0.05) is 18.4 Å². The Hall–Kier alpha value is -0.380. The molecule has 0 amide bonds. The van der Waals surface area contributed by atoms with Gasteiger partial charge in [0.05, 0.1) is 4.34 Å². The molecule has 2 nitrogen and oxygen atoms in total. The summed E-state index contributed by atoms with van der Waals surface area (Å²) in [6, 6.07) is 3.67. The third-order valence-electron chi connectivity index (χ3n) is 1.78. The summed E-state index contributed by atoms with van der Waals surface area (Å²) in [7, 11) is 1.53. The van der Waals surface area contributed by atoms with Gasteiger partial charge < -0.3 is 4.74 Å². The summed E-state index contributed by atoms with van der Waals surface area (Å²) in [5.74, 6) is 0.0843. The van der Waals surface area contributed by atoms with Gasteiger partial charge in [0.1, 0.15) is 6.10 Å². The number of hydrogen-bond donors (Lipinski definition) is 0. The van der Waals surface area contributed by atoms with Crippen LogP contribution in [0.4, 0.5) is 0 Å².